The Labute approximate surface area is 164 Å². The zero-order chi connectivity index (χ0) is 19.2. The van der Waals surface area contributed by atoms with E-state index in [1.165, 1.54) is 0 Å². The maximum Gasteiger partial charge on any atom is 0.324 e. The molecule has 0 bridgehead atoms. The number of carbonyl (C=O) groups excluding carboxylic acids is 1. The van der Waals surface area contributed by atoms with E-state index in [1.807, 2.05) is 22.9 Å². The van der Waals surface area contributed by atoms with Crippen LogP contribution in [0.3, 0.4) is 0 Å². The summed E-state index contributed by atoms with van der Waals surface area (Å²) in [5, 5.41) is 10.6. The van der Waals surface area contributed by atoms with Crippen LogP contribution in [0.1, 0.15) is 25.8 Å². The first-order chi connectivity index (χ1) is 13.1. The van der Waals surface area contributed by atoms with Crippen LogP contribution in [0.15, 0.2) is 36.5 Å². The van der Waals surface area contributed by atoms with Gasteiger partial charge in [0, 0.05) is 32.3 Å². The molecule has 1 aliphatic rings. The Morgan fingerprint density at radius 2 is 2.04 bits per heavy atom. The summed E-state index contributed by atoms with van der Waals surface area (Å²) in [6.45, 7) is 4.89. The summed E-state index contributed by atoms with van der Waals surface area (Å²) in [6, 6.07) is 9.29. The fourth-order valence-corrected chi connectivity index (χ4v) is 3.64. The maximum absolute atomic E-state index is 12.3. The summed E-state index contributed by atoms with van der Waals surface area (Å²) in [6.07, 6.45) is 3.68. The second kappa shape index (κ2) is 9.21. The highest BCUT2D eigenvalue weighted by atomic mass is 35.5. The molecule has 2 heterocycles. The van der Waals surface area contributed by atoms with Crippen LogP contribution in [0.5, 0.6) is 0 Å². The number of nitrogens with zero attached hydrogens (tertiary/aromatic N) is 3. The van der Waals surface area contributed by atoms with Gasteiger partial charge < -0.3 is 10.1 Å². The van der Waals surface area contributed by atoms with Gasteiger partial charge in [0.15, 0.2) is 0 Å². The highest BCUT2D eigenvalue weighted by Gasteiger charge is 2.25. The van der Waals surface area contributed by atoms with Crippen LogP contribution < -0.4 is 10.6 Å². The number of methoxy groups -OCH3 is 1. The highest BCUT2D eigenvalue weighted by molar-refractivity contribution is 6.33. The first-order valence-electron chi connectivity index (χ1n) is 9.17. The van der Waals surface area contributed by atoms with Crippen LogP contribution in [-0.4, -0.2) is 53.6 Å². The lowest BCUT2D eigenvalue weighted by molar-refractivity contribution is 0.0737. The molecule has 0 spiro atoms. The summed E-state index contributed by atoms with van der Waals surface area (Å²) in [4.78, 5) is 14.8. The molecule has 7 nitrogen and oxygen atoms in total. The number of likely N-dealkylation sites (tertiary alicyclic amines) is 1. The first-order valence-corrected chi connectivity index (χ1v) is 9.55. The van der Waals surface area contributed by atoms with Crippen LogP contribution in [0, 0.1) is 0 Å². The Kier molecular flexibility index (Phi) is 6.71. The average Bonchev–Trinajstić information content (AvgIpc) is 3.12. The molecule has 27 heavy (non-hydrogen) atoms. The number of amides is 2. The van der Waals surface area contributed by atoms with Crippen molar-refractivity contribution in [3.63, 3.8) is 0 Å². The van der Waals surface area contributed by atoms with E-state index in [0.717, 1.165) is 32.5 Å². The lowest BCUT2D eigenvalue weighted by atomic mass is 10.0. The van der Waals surface area contributed by atoms with Crippen molar-refractivity contribution in [3.8, 4) is 0 Å². The van der Waals surface area contributed by atoms with Crippen LogP contribution in [-0.2, 0) is 4.74 Å². The molecule has 2 N–H and O–H groups in total. The van der Waals surface area contributed by atoms with Crippen molar-refractivity contribution >= 4 is 29.1 Å². The highest BCUT2D eigenvalue weighted by Crippen LogP contribution is 2.27. The van der Waals surface area contributed by atoms with Gasteiger partial charge in [-0.1, -0.05) is 23.7 Å². The largest absolute Gasteiger partial charge is 0.383 e. The van der Waals surface area contributed by atoms with Crippen LogP contribution >= 0.6 is 11.6 Å². The number of carbonyl (C=O) groups is 1. The van der Waals surface area contributed by atoms with Crippen molar-refractivity contribution in [3.05, 3.63) is 41.6 Å². The topological polar surface area (TPSA) is 71.4 Å². The van der Waals surface area contributed by atoms with E-state index in [9.17, 15) is 4.79 Å². The molecule has 146 valence electrons. The van der Waals surface area contributed by atoms with Crippen molar-refractivity contribution in [1.29, 1.82) is 0 Å². The van der Waals surface area contributed by atoms with Gasteiger partial charge in [-0.05, 0) is 31.9 Å². The molecule has 1 aromatic heterocycles. The molecular weight excluding hydrogens is 366 g/mol. The third-order valence-corrected chi connectivity index (χ3v) is 5.24. The van der Waals surface area contributed by atoms with Gasteiger partial charge in [-0.3, -0.25) is 10.2 Å². The number of piperidine rings is 1. The van der Waals surface area contributed by atoms with E-state index in [1.54, 1.807) is 25.4 Å². The quantitative estimate of drug-likeness (QED) is 0.784. The summed E-state index contributed by atoms with van der Waals surface area (Å²) in [5.74, 6) is 0.683. The number of aromatic nitrogens is 2. The fraction of sp³-hybridized carbons (Fsp3) is 0.474. The van der Waals surface area contributed by atoms with Crippen molar-refractivity contribution in [2.24, 2.45) is 0 Å². The van der Waals surface area contributed by atoms with Gasteiger partial charge in [0.2, 0.25) is 0 Å². The number of nitrogens with one attached hydrogen (secondary N) is 2. The Morgan fingerprint density at radius 1 is 1.30 bits per heavy atom. The second-order valence-corrected chi connectivity index (χ2v) is 7.20. The molecule has 8 heteroatoms. The molecule has 0 radical (unpaired) electrons. The van der Waals surface area contributed by atoms with Crippen molar-refractivity contribution in [2.75, 3.05) is 37.4 Å². The normalized spacial score (nSPS) is 16.9. The molecule has 2 aromatic rings. The molecular formula is C19H26ClN5O2. The number of urea groups is 1. The number of rotatable bonds is 6. The van der Waals surface area contributed by atoms with Crippen LogP contribution in [0.2, 0.25) is 5.02 Å². The van der Waals surface area contributed by atoms with Crippen LogP contribution in [0.25, 0.3) is 0 Å². The van der Waals surface area contributed by atoms with E-state index in [2.05, 4.69) is 27.6 Å². The van der Waals surface area contributed by atoms with Crippen molar-refractivity contribution < 1.29 is 9.53 Å². The van der Waals surface area contributed by atoms with E-state index in [0.29, 0.717) is 22.6 Å². The molecule has 1 fully saturated rings. The van der Waals surface area contributed by atoms with E-state index >= 15 is 0 Å². The number of ether oxygens (including phenoxy) is 1. The SMILES string of the molecule is COC[C@@H](C)N1CCC(n2nccc2NC(=O)Nc2ccccc2Cl)CC1. The predicted octanol–water partition coefficient (Wildman–Crippen LogP) is 3.85. The second-order valence-electron chi connectivity index (χ2n) is 6.79. The number of para-hydroxylation sites is 1. The van der Waals surface area contributed by atoms with Gasteiger partial charge in [0.25, 0.3) is 0 Å². The Bertz CT molecular complexity index is 758. The van der Waals surface area contributed by atoms with Crippen molar-refractivity contribution in [2.45, 2.75) is 31.8 Å². The monoisotopic (exact) mass is 391 g/mol. The van der Waals surface area contributed by atoms with Gasteiger partial charge in [-0.2, -0.15) is 5.10 Å². The molecule has 1 aliphatic heterocycles. The molecule has 0 aliphatic carbocycles. The Balaban J connectivity index is 1.58. The average molecular weight is 392 g/mol. The van der Waals surface area contributed by atoms with Crippen LogP contribution in [0.4, 0.5) is 16.3 Å². The number of benzene rings is 1. The fourth-order valence-electron chi connectivity index (χ4n) is 3.45. The lowest BCUT2D eigenvalue weighted by Gasteiger charge is -2.36. The summed E-state index contributed by atoms with van der Waals surface area (Å²) < 4.78 is 7.16. The van der Waals surface area contributed by atoms with E-state index < -0.39 is 0 Å². The summed E-state index contributed by atoms with van der Waals surface area (Å²) in [5.41, 5.74) is 0.572. The predicted molar refractivity (Wildman–Crippen MR) is 108 cm³/mol. The summed E-state index contributed by atoms with van der Waals surface area (Å²) >= 11 is 6.09. The van der Waals surface area contributed by atoms with Gasteiger partial charge in [-0.25, -0.2) is 9.48 Å². The smallest absolute Gasteiger partial charge is 0.324 e. The zero-order valence-corrected chi connectivity index (χ0v) is 16.4. The number of halogens is 1. The first kappa shape index (κ1) is 19.7. The molecule has 3 rings (SSSR count). The van der Waals surface area contributed by atoms with Gasteiger partial charge in [-0.15, -0.1) is 0 Å². The standard InChI is InChI=1S/C19H26ClN5O2/c1-14(13-27-2)24-11-8-15(9-12-24)25-18(7-10-21-25)23-19(26)22-17-6-4-3-5-16(17)20/h3-7,10,14-15H,8-9,11-13H2,1-2H3,(H2,22,23,26)/t14-/m1/s1. The van der Waals surface area contributed by atoms with E-state index in [4.69, 9.17) is 16.3 Å². The Morgan fingerprint density at radius 3 is 2.74 bits per heavy atom. The van der Waals surface area contributed by atoms with Gasteiger partial charge in [0.1, 0.15) is 5.82 Å². The molecule has 0 unspecified atom stereocenters. The molecule has 1 saturated heterocycles. The third kappa shape index (κ3) is 5.00. The summed E-state index contributed by atoms with van der Waals surface area (Å²) in [7, 11) is 1.73. The van der Waals surface area contributed by atoms with Crippen molar-refractivity contribution in [1.82, 2.24) is 14.7 Å². The molecule has 0 saturated carbocycles. The lowest BCUT2D eigenvalue weighted by Crippen LogP contribution is -2.42. The van der Waals surface area contributed by atoms with Gasteiger partial charge >= 0.3 is 6.03 Å². The number of hydrogen-bond donors (Lipinski definition) is 2. The Hall–Kier alpha value is -2.09. The zero-order valence-electron chi connectivity index (χ0n) is 15.7. The third-order valence-electron chi connectivity index (χ3n) is 4.91. The minimum Gasteiger partial charge on any atom is -0.383 e. The maximum atomic E-state index is 12.3. The number of anilines is 2. The van der Waals surface area contributed by atoms with Gasteiger partial charge in [0.05, 0.1) is 29.6 Å². The minimum absolute atomic E-state index is 0.265. The minimum atomic E-state index is -0.337. The van der Waals surface area contributed by atoms with E-state index in [-0.39, 0.29) is 12.1 Å². The number of hydrogen-bond acceptors (Lipinski definition) is 4. The molecule has 2 amide bonds. The molecule has 1 aromatic carbocycles. The molecule has 1 atom stereocenters.